The summed E-state index contributed by atoms with van der Waals surface area (Å²) in [6.45, 7) is 5.26. The van der Waals surface area contributed by atoms with E-state index in [1.165, 1.54) is 23.1 Å². The largest absolute Gasteiger partial charge is 0.338 e. The van der Waals surface area contributed by atoms with Gasteiger partial charge in [0.2, 0.25) is 5.91 Å². The van der Waals surface area contributed by atoms with Crippen LogP contribution in [0.3, 0.4) is 0 Å². The average Bonchev–Trinajstić information content (AvgIpc) is 2.86. The van der Waals surface area contributed by atoms with Crippen LogP contribution in [0.2, 0.25) is 0 Å². The Bertz CT molecular complexity index is 560. The van der Waals surface area contributed by atoms with Gasteiger partial charge in [-0.25, -0.2) is 9.18 Å². The van der Waals surface area contributed by atoms with Crippen molar-refractivity contribution in [3.05, 3.63) is 24.0 Å². The van der Waals surface area contributed by atoms with E-state index in [0.717, 1.165) is 12.8 Å². The predicted octanol–water partition coefficient (Wildman–Crippen LogP) is 3.12. The van der Waals surface area contributed by atoms with Crippen molar-refractivity contribution in [2.24, 2.45) is 5.92 Å². The lowest BCUT2D eigenvalue weighted by atomic mass is 10.1. The summed E-state index contributed by atoms with van der Waals surface area (Å²) in [7, 11) is 0. The Hall–Kier alpha value is -2.11. The number of amides is 3. The quantitative estimate of drug-likeness (QED) is 0.878. The summed E-state index contributed by atoms with van der Waals surface area (Å²) in [6.07, 6.45) is 2.06. The summed E-state index contributed by atoms with van der Waals surface area (Å²) in [5.41, 5.74) is 0.695. The van der Waals surface area contributed by atoms with Crippen LogP contribution in [0.4, 0.5) is 20.6 Å². The monoisotopic (exact) mass is 307 g/mol. The fourth-order valence-electron chi connectivity index (χ4n) is 2.35. The van der Waals surface area contributed by atoms with Crippen molar-refractivity contribution in [1.82, 2.24) is 5.32 Å². The highest BCUT2D eigenvalue weighted by atomic mass is 19.1. The van der Waals surface area contributed by atoms with E-state index < -0.39 is 5.82 Å². The Morgan fingerprint density at radius 1 is 1.41 bits per heavy atom. The molecule has 1 saturated heterocycles. The van der Waals surface area contributed by atoms with Crippen molar-refractivity contribution in [2.45, 2.75) is 33.1 Å². The second-order valence-corrected chi connectivity index (χ2v) is 5.88. The Morgan fingerprint density at radius 3 is 2.82 bits per heavy atom. The number of anilines is 2. The summed E-state index contributed by atoms with van der Waals surface area (Å²) in [6, 6.07) is 3.93. The van der Waals surface area contributed by atoms with E-state index in [0.29, 0.717) is 31.1 Å². The summed E-state index contributed by atoms with van der Waals surface area (Å²) < 4.78 is 13.9. The number of nitrogens with one attached hydrogen (secondary N) is 2. The maximum absolute atomic E-state index is 13.9. The number of carbonyl (C=O) groups excluding carboxylic acids is 2. The van der Waals surface area contributed by atoms with E-state index in [1.807, 2.05) is 0 Å². The minimum absolute atomic E-state index is 0.0857. The predicted molar refractivity (Wildman–Crippen MR) is 84.5 cm³/mol. The molecule has 1 fully saturated rings. The lowest BCUT2D eigenvalue weighted by molar-refractivity contribution is -0.117. The molecule has 2 N–H and O–H groups in total. The lowest BCUT2D eigenvalue weighted by Gasteiger charge is -2.18. The number of nitrogens with zero attached hydrogens (tertiary/aromatic N) is 1. The minimum atomic E-state index is -0.457. The molecule has 1 aromatic carbocycles. The van der Waals surface area contributed by atoms with Crippen LogP contribution in [0, 0.1) is 11.7 Å². The van der Waals surface area contributed by atoms with Gasteiger partial charge in [0.15, 0.2) is 0 Å². The molecule has 0 aliphatic carbocycles. The highest BCUT2D eigenvalue weighted by Gasteiger charge is 2.24. The number of halogens is 1. The van der Waals surface area contributed by atoms with Crippen LogP contribution in [0.15, 0.2) is 18.2 Å². The fraction of sp³-hybridized carbons (Fsp3) is 0.500. The molecule has 6 heteroatoms. The molecule has 1 aliphatic heterocycles. The van der Waals surface area contributed by atoms with E-state index in [2.05, 4.69) is 24.5 Å². The molecule has 1 aliphatic rings. The van der Waals surface area contributed by atoms with Crippen molar-refractivity contribution >= 4 is 23.3 Å². The van der Waals surface area contributed by atoms with Crippen LogP contribution >= 0.6 is 0 Å². The van der Waals surface area contributed by atoms with Gasteiger partial charge in [0.05, 0.1) is 5.69 Å². The number of carbonyl (C=O) groups is 2. The molecule has 1 aromatic rings. The first-order chi connectivity index (χ1) is 10.5. The topological polar surface area (TPSA) is 61.4 Å². The highest BCUT2D eigenvalue weighted by Crippen LogP contribution is 2.27. The number of benzene rings is 1. The van der Waals surface area contributed by atoms with Gasteiger partial charge in [0.1, 0.15) is 5.82 Å². The number of hydrogen-bond donors (Lipinski definition) is 2. The van der Waals surface area contributed by atoms with E-state index in [4.69, 9.17) is 0 Å². The minimum Gasteiger partial charge on any atom is -0.338 e. The molecular formula is C16H22FN3O2. The van der Waals surface area contributed by atoms with Crippen LogP contribution < -0.4 is 15.5 Å². The molecule has 1 heterocycles. The van der Waals surface area contributed by atoms with Gasteiger partial charge in [-0.15, -0.1) is 0 Å². The van der Waals surface area contributed by atoms with E-state index in [9.17, 15) is 14.0 Å². The van der Waals surface area contributed by atoms with Crippen molar-refractivity contribution in [2.75, 3.05) is 23.3 Å². The van der Waals surface area contributed by atoms with Gasteiger partial charge in [0, 0.05) is 25.2 Å². The van der Waals surface area contributed by atoms with Gasteiger partial charge in [-0.1, -0.05) is 13.8 Å². The van der Waals surface area contributed by atoms with E-state index in [-0.39, 0.29) is 17.6 Å². The zero-order valence-electron chi connectivity index (χ0n) is 13.0. The fourth-order valence-corrected chi connectivity index (χ4v) is 2.35. The molecule has 0 bridgehead atoms. The highest BCUT2D eigenvalue weighted by molar-refractivity contribution is 5.97. The van der Waals surface area contributed by atoms with Crippen molar-refractivity contribution in [3.63, 3.8) is 0 Å². The molecule has 0 saturated carbocycles. The van der Waals surface area contributed by atoms with Crippen LogP contribution in [0.5, 0.6) is 0 Å². The van der Waals surface area contributed by atoms with Crippen molar-refractivity contribution in [3.8, 4) is 0 Å². The molecule has 0 atom stereocenters. The average molecular weight is 307 g/mol. The third-order valence-corrected chi connectivity index (χ3v) is 3.58. The van der Waals surface area contributed by atoms with Crippen LogP contribution in [0.1, 0.15) is 33.1 Å². The zero-order chi connectivity index (χ0) is 16.1. The maximum Gasteiger partial charge on any atom is 0.319 e. The first-order valence-corrected chi connectivity index (χ1v) is 7.62. The van der Waals surface area contributed by atoms with Gasteiger partial charge in [-0.2, -0.15) is 0 Å². The standard InChI is InChI=1S/C16H22FN3O2/c1-11(2)7-8-18-16(22)19-12-5-6-13(17)14(10-12)20-9-3-4-15(20)21/h5-6,10-11H,3-4,7-9H2,1-2H3,(H2,18,19,22). The Balaban J connectivity index is 2.00. The smallest absolute Gasteiger partial charge is 0.319 e. The summed E-state index contributed by atoms with van der Waals surface area (Å²) in [4.78, 5) is 24.9. The van der Waals surface area contributed by atoms with Gasteiger partial charge in [-0.05, 0) is 37.0 Å². The Labute approximate surface area is 129 Å². The van der Waals surface area contributed by atoms with Crippen molar-refractivity contribution in [1.29, 1.82) is 0 Å². The number of urea groups is 1. The molecule has 120 valence electrons. The zero-order valence-corrected chi connectivity index (χ0v) is 13.0. The van der Waals surface area contributed by atoms with Gasteiger partial charge in [-0.3, -0.25) is 4.79 Å². The molecule has 0 radical (unpaired) electrons. The maximum atomic E-state index is 13.9. The molecule has 5 nitrogen and oxygen atoms in total. The van der Waals surface area contributed by atoms with Gasteiger partial charge >= 0.3 is 6.03 Å². The number of hydrogen-bond acceptors (Lipinski definition) is 2. The second kappa shape index (κ2) is 7.24. The van der Waals surface area contributed by atoms with Crippen LogP contribution in [-0.4, -0.2) is 25.0 Å². The van der Waals surface area contributed by atoms with E-state index in [1.54, 1.807) is 0 Å². The molecule has 2 rings (SSSR count). The summed E-state index contributed by atoms with van der Waals surface area (Å²) in [5, 5.41) is 5.42. The molecule has 22 heavy (non-hydrogen) atoms. The third-order valence-electron chi connectivity index (χ3n) is 3.58. The first-order valence-electron chi connectivity index (χ1n) is 7.62. The van der Waals surface area contributed by atoms with Gasteiger partial charge in [0.25, 0.3) is 0 Å². The SMILES string of the molecule is CC(C)CCNC(=O)Nc1ccc(F)c(N2CCCC2=O)c1. The third kappa shape index (κ3) is 4.19. The molecule has 3 amide bonds. The van der Waals surface area contributed by atoms with Crippen LogP contribution in [-0.2, 0) is 4.79 Å². The molecule has 0 unspecified atom stereocenters. The van der Waals surface area contributed by atoms with Crippen LogP contribution in [0.25, 0.3) is 0 Å². The number of rotatable bonds is 5. The van der Waals surface area contributed by atoms with E-state index >= 15 is 0 Å². The second-order valence-electron chi connectivity index (χ2n) is 5.88. The summed E-state index contributed by atoms with van der Waals surface area (Å²) in [5.74, 6) is -0.0302. The molecular weight excluding hydrogens is 285 g/mol. The Kier molecular flexibility index (Phi) is 5.35. The lowest BCUT2D eigenvalue weighted by Crippen LogP contribution is -2.30. The molecule has 0 aromatic heterocycles. The van der Waals surface area contributed by atoms with Gasteiger partial charge < -0.3 is 15.5 Å². The Morgan fingerprint density at radius 2 is 2.18 bits per heavy atom. The van der Waals surface area contributed by atoms with Crippen molar-refractivity contribution < 1.29 is 14.0 Å². The first kappa shape index (κ1) is 16.3. The summed E-state index contributed by atoms with van der Waals surface area (Å²) >= 11 is 0. The normalized spacial score (nSPS) is 14.5. The molecule has 0 spiro atoms.